The Morgan fingerprint density at radius 3 is 2.41 bits per heavy atom. The van der Waals surface area contributed by atoms with Gasteiger partial charge in [-0.1, -0.05) is 69.0 Å². The Morgan fingerprint density at radius 1 is 0.961 bits per heavy atom. The first-order valence-corrected chi connectivity index (χ1v) is 18.2. The van der Waals surface area contributed by atoms with Crippen molar-refractivity contribution in [3.8, 4) is 17.1 Å². The van der Waals surface area contributed by atoms with Crippen LogP contribution in [0.3, 0.4) is 0 Å². The summed E-state index contributed by atoms with van der Waals surface area (Å²) in [4.78, 5) is 44.6. The lowest BCUT2D eigenvalue weighted by atomic mass is 9.66. The number of ether oxygens (including phenoxy) is 2. The lowest BCUT2D eigenvalue weighted by Crippen LogP contribution is -2.44. The highest BCUT2D eigenvalue weighted by molar-refractivity contribution is 6.30. The second kappa shape index (κ2) is 12.8. The van der Waals surface area contributed by atoms with Crippen molar-refractivity contribution >= 4 is 34.4 Å². The number of aryl methyl sites for hydroxylation is 1. The molecular weight excluding hydrogens is 664 g/mol. The molecule has 0 saturated heterocycles. The van der Waals surface area contributed by atoms with E-state index in [2.05, 4.69) is 12.1 Å². The predicted molar refractivity (Wildman–Crippen MR) is 195 cm³/mol. The standard InChI is InChI=1S/C42H39ClN2O6/c1-3-30-31-20-29(51-39(47)26-10-8-25(9-11-26)22-41(18-6-5-7-19-41)27-12-14-28(43)15-13-27)16-17-35(31)44-37-32(30)23-45-36(37)21-34-33(38(45)46)24-50-40(48)42(34,49)4-2/h8-17,20-21,49H,3-7,18-19,22-24H2,1-2H3. The van der Waals surface area contributed by atoms with E-state index in [1.807, 2.05) is 55.5 Å². The zero-order valence-corrected chi connectivity index (χ0v) is 29.5. The fourth-order valence-electron chi connectivity index (χ4n) is 8.52. The van der Waals surface area contributed by atoms with E-state index in [1.54, 1.807) is 23.6 Å². The maximum atomic E-state index is 13.7. The van der Waals surface area contributed by atoms with Crippen LogP contribution in [-0.4, -0.2) is 26.6 Å². The first-order valence-electron chi connectivity index (χ1n) is 17.8. The van der Waals surface area contributed by atoms with Crippen molar-refractivity contribution in [2.45, 2.75) is 89.4 Å². The van der Waals surface area contributed by atoms with Gasteiger partial charge in [-0.05, 0) is 103 Å². The first-order chi connectivity index (χ1) is 24.6. The van der Waals surface area contributed by atoms with Gasteiger partial charge in [0.25, 0.3) is 5.56 Å². The van der Waals surface area contributed by atoms with Gasteiger partial charge >= 0.3 is 11.9 Å². The van der Waals surface area contributed by atoms with Crippen LogP contribution in [-0.2, 0) is 46.5 Å². The number of fused-ring (bicyclic) bond motifs is 5. The molecule has 9 heteroatoms. The molecule has 8 rings (SSSR count). The number of aromatic nitrogens is 2. The minimum Gasteiger partial charge on any atom is -0.458 e. The van der Waals surface area contributed by atoms with E-state index in [0.29, 0.717) is 41.2 Å². The largest absolute Gasteiger partial charge is 0.458 e. The van der Waals surface area contributed by atoms with E-state index in [4.69, 9.17) is 26.1 Å². The Kier molecular flexibility index (Phi) is 8.35. The molecule has 0 bridgehead atoms. The van der Waals surface area contributed by atoms with E-state index in [0.717, 1.165) is 40.8 Å². The maximum Gasteiger partial charge on any atom is 0.343 e. The predicted octanol–water partition coefficient (Wildman–Crippen LogP) is 7.96. The van der Waals surface area contributed by atoms with Gasteiger partial charge in [-0.2, -0.15) is 0 Å². The van der Waals surface area contributed by atoms with Crippen molar-refractivity contribution in [2.75, 3.05) is 0 Å². The van der Waals surface area contributed by atoms with Gasteiger partial charge in [0.1, 0.15) is 12.4 Å². The highest BCUT2D eigenvalue weighted by atomic mass is 35.5. The molecular formula is C42H39ClN2O6. The zero-order chi connectivity index (χ0) is 35.5. The summed E-state index contributed by atoms with van der Waals surface area (Å²) in [6.45, 7) is 3.85. The van der Waals surface area contributed by atoms with Gasteiger partial charge in [-0.25, -0.2) is 14.6 Å². The number of cyclic esters (lactones) is 1. The number of pyridine rings is 2. The van der Waals surface area contributed by atoms with Gasteiger partial charge in [-0.3, -0.25) is 4.79 Å². The van der Waals surface area contributed by atoms with Crippen molar-refractivity contribution in [3.63, 3.8) is 0 Å². The number of carbonyl (C=O) groups excluding carboxylic acids is 2. The zero-order valence-electron chi connectivity index (χ0n) is 28.8. The second-order valence-corrected chi connectivity index (χ2v) is 14.6. The van der Waals surface area contributed by atoms with Crippen LogP contribution in [0.2, 0.25) is 5.02 Å². The van der Waals surface area contributed by atoms with Gasteiger partial charge in [0.15, 0.2) is 5.60 Å². The first kappa shape index (κ1) is 33.4. The molecule has 260 valence electrons. The summed E-state index contributed by atoms with van der Waals surface area (Å²) in [7, 11) is 0. The summed E-state index contributed by atoms with van der Waals surface area (Å²) in [5.74, 6) is -0.785. The van der Waals surface area contributed by atoms with Crippen LogP contribution < -0.4 is 10.3 Å². The lowest BCUT2D eigenvalue weighted by molar-refractivity contribution is -0.172. The third-order valence-electron chi connectivity index (χ3n) is 11.3. The summed E-state index contributed by atoms with van der Waals surface area (Å²) >= 11 is 6.21. The third kappa shape index (κ3) is 5.56. The average molecular weight is 703 g/mol. The number of esters is 2. The molecule has 51 heavy (non-hydrogen) atoms. The normalized spacial score (nSPS) is 18.9. The molecule has 1 fully saturated rings. The molecule has 1 saturated carbocycles. The molecule has 3 aliphatic rings. The van der Waals surface area contributed by atoms with Crippen LogP contribution in [0.15, 0.2) is 77.6 Å². The molecule has 3 aromatic carbocycles. The van der Waals surface area contributed by atoms with Gasteiger partial charge in [-0.15, -0.1) is 0 Å². The van der Waals surface area contributed by atoms with Crippen LogP contribution in [0.25, 0.3) is 22.3 Å². The molecule has 1 N–H and O–H groups in total. The van der Waals surface area contributed by atoms with Crippen LogP contribution in [0.5, 0.6) is 5.75 Å². The van der Waals surface area contributed by atoms with E-state index in [-0.39, 0.29) is 35.1 Å². The van der Waals surface area contributed by atoms with Crippen LogP contribution in [0.4, 0.5) is 0 Å². The molecule has 4 heterocycles. The molecule has 0 amide bonds. The maximum absolute atomic E-state index is 13.7. The van der Waals surface area contributed by atoms with Gasteiger partial charge in [0, 0.05) is 21.5 Å². The highest BCUT2D eigenvalue weighted by Crippen LogP contribution is 2.43. The number of halogens is 1. The fraction of sp³-hybridized carbons (Fsp3) is 0.333. The minimum atomic E-state index is -1.89. The summed E-state index contributed by atoms with van der Waals surface area (Å²) in [5, 5.41) is 12.8. The van der Waals surface area contributed by atoms with E-state index in [1.165, 1.54) is 30.4 Å². The molecule has 5 aromatic rings. The summed E-state index contributed by atoms with van der Waals surface area (Å²) in [6, 6.07) is 23.1. The van der Waals surface area contributed by atoms with Crippen molar-refractivity contribution in [1.29, 1.82) is 0 Å². The summed E-state index contributed by atoms with van der Waals surface area (Å²) in [5.41, 5.74) is 5.21. The Balaban J connectivity index is 1.06. The van der Waals surface area contributed by atoms with Crippen molar-refractivity contribution < 1.29 is 24.2 Å². The van der Waals surface area contributed by atoms with E-state index < -0.39 is 17.5 Å². The summed E-state index contributed by atoms with van der Waals surface area (Å²) < 4.78 is 12.8. The van der Waals surface area contributed by atoms with Gasteiger partial charge in [0.05, 0.1) is 34.6 Å². The van der Waals surface area contributed by atoms with Crippen LogP contribution >= 0.6 is 11.6 Å². The number of aliphatic hydroxyl groups is 1. The number of hydrogen-bond donors (Lipinski definition) is 1. The number of hydrogen-bond acceptors (Lipinski definition) is 7. The van der Waals surface area contributed by atoms with Crippen molar-refractivity contribution in [3.05, 3.63) is 127 Å². The highest BCUT2D eigenvalue weighted by Gasteiger charge is 2.45. The smallest absolute Gasteiger partial charge is 0.343 e. The fourth-order valence-corrected chi connectivity index (χ4v) is 8.65. The quantitative estimate of drug-likeness (QED) is 0.133. The number of rotatable bonds is 7. The molecule has 1 aliphatic carbocycles. The van der Waals surface area contributed by atoms with Crippen LogP contribution in [0.1, 0.15) is 96.1 Å². The molecule has 1 atom stereocenters. The van der Waals surface area contributed by atoms with Crippen molar-refractivity contribution in [2.24, 2.45) is 0 Å². The Labute approximate surface area is 301 Å². The topological polar surface area (TPSA) is 108 Å². The molecule has 0 radical (unpaired) electrons. The Bertz CT molecular complexity index is 2270. The molecule has 1 unspecified atom stereocenters. The average Bonchev–Trinajstić information content (AvgIpc) is 3.51. The van der Waals surface area contributed by atoms with Gasteiger partial charge in [0.2, 0.25) is 0 Å². The number of carbonyl (C=O) groups is 2. The number of nitrogens with zero attached hydrogens (tertiary/aromatic N) is 2. The van der Waals surface area contributed by atoms with Crippen LogP contribution in [0, 0.1) is 0 Å². The molecule has 2 aromatic heterocycles. The lowest BCUT2D eigenvalue weighted by Gasteiger charge is -2.38. The molecule has 0 spiro atoms. The summed E-state index contributed by atoms with van der Waals surface area (Å²) in [6.07, 6.45) is 7.54. The minimum absolute atomic E-state index is 0.0576. The third-order valence-corrected chi connectivity index (χ3v) is 11.6. The van der Waals surface area contributed by atoms with Crippen molar-refractivity contribution in [1.82, 2.24) is 9.55 Å². The Hall–Kier alpha value is -4.79. The molecule has 8 nitrogen and oxygen atoms in total. The monoisotopic (exact) mass is 702 g/mol. The second-order valence-electron chi connectivity index (χ2n) is 14.2. The van der Waals surface area contributed by atoms with Gasteiger partial charge < -0.3 is 19.1 Å². The molecule has 2 aliphatic heterocycles. The SMILES string of the molecule is CCc1c2c(nc3ccc(OC(=O)c4ccc(CC5(c6ccc(Cl)cc6)CCCCC5)cc4)cc13)-c1cc3c(c(=O)n1C2)COC(=O)C3(O)CC. The van der Waals surface area contributed by atoms with E-state index in [9.17, 15) is 19.5 Å². The number of benzene rings is 3. The van der Waals surface area contributed by atoms with E-state index >= 15 is 0 Å². The Morgan fingerprint density at radius 2 is 1.71 bits per heavy atom.